The first-order valence-corrected chi connectivity index (χ1v) is 7.92. The summed E-state index contributed by atoms with van der Waals surface area (Å²) in [4.78, 5) is 44.5. The van der Waals surface area contributed by atoms with Gasteiger partial charge in [-0.3, -0.25) is 0 Å². The van der Waals surface area contributed by atoms with Gasteiger partial charge in [-0.25, -0.2) is 23.4 Å². The molecule has 10 heteroatoms. The molecule has 0 aliphatic carbocycles. The molecule has 0 bridgehead atoms. The molecule has 0 fully saturated rings. The minimum Gasteiger partial charge on any atom is -0.478 e. The van der Waals surface area contributed by atoms with Crippen molar-refractivity contribution in [2.45, 2.75) is 9.79 Å². The van der Waals surface area contributed by atoms with Gasteiger partial charge in [-0.1, -0.05) is 12.1 Å². The summed E-state index contributed by atoms with van der Waals surface area (Å²) < 4.78 is 12.8. The van der Waals surface area contributed by atoms with Gasteiger partial charge < -0.3 is 20.4 Å². The van der Waals surface area contributed by atoms with Gasteiger partial charge in [-0.05, 0) is 24.3 Å². The summed E-state index contributed by atoms with van der Waals surface area (Å²) in [5.74, 6) is -6.48. The first kappa shape index (κ1) is 18.8. The standard InChI is InChI=1S/C16H10O9S/c17-13(18)7-3-1-5-9(11(7)15(21)22)26(25)10-6-2-4-8(14(19)20)12(10)16(23)24/h1-6H,(H,17,18)(H,19,20)(H,21,22)(H,23,24). The lowest BCUT2D eigenvalue weighted by Crippen LogP contribution is -2.15. The van der Waals surface area contributed by atoms with Gasteiger partial charge in [0.2, 0.25) is 0 Å². The summed E-state index contributed by atoms with van der Waals surface area (Å²) in [5, 5.41) is 36.8. The van der Waals surface area contributed by atoms with Crippen molar-refractivity contribution in [2.75, 3.05) is 0 Å². The Hall–Kier alpha value is -3.53. The Morgan fingerprint density at radius 1 is 0.615 bits per heavy atom. The number of carbonyl (C=O) groups is 4. The minimum atomic E-state index is -2.45. The molecule has 2 rings (SSSR count). The Balaban J connectivity index is 2.80. The monoisotopic (exact) mass is 378 g/mol. The van der Waals surface area contributed by atoms with Crippen molar-refractivity contribution in [3.05, 3.63) is 58.7 Å². The van der Waals surface area contributed by atoms with Crippen molar-refractivity contribution in [3.63, 3.8) is 0 Å². The van der Waals surface area contributed by atoms with Crippen LogP contribution in [0, 0.1) is 0 Å². The SMILES string of the molecule is O=C(O)c1cccc(S(=O)c2cccc(C(=O)O)c2C(=O)O)c1C(=O)O. The van der Waals surface area contributed by atoms with E-state index in [1.165, 1.54) is 0 Å². The Morgan fingerprint density at radius 3 is 1.23 bits per heavy atom. The topological polar surface area (TPSA) is 166 Å². The summed E-state index contributed by atoms with van der Waals surface area (Å²) in [7, 11) is -2.45. The average molecular weight is 378 g/mol. The fourth-order valence-corrected chi connectivity index (χ4v) is 3.69. The minimum absolute atomic E-state index is 0.456. The van der Waals surface area contributed by atoms with Crippen LogP contribution in [0.25, 0.3) is 0 Å². The predicted octanol–water partition coefficient (Wildman–Crippen LogP) is 1.65. The summed E-state index contributed by atoms with van der Waals surface area (Å²) in [5.41, 5.74) is -2.80. The van der Waals surface area contributed by atoms with E-state index in [0.717, 1.165) is 36.4 Å². The zero-order chi connectivity index (χ0) is 19.6. The third-order valence-electron chi connectivity index (χ3n) is 3.34. The van der Waals surface area contributed by atoms with Gasteiger partial charge in [0.1, 0.15) is 0 Å². The summed E-state index contributed by atoms with van der Waals surface area (Å²) in [6.45, 7) is 0. The number of benzene rings is 2. The average Bonchev–Trinajstić information content (AvgIpc) is 2.59. The van der Waals surface area contributed by atoms with Crippen LogP contribution >= 0.6 is 0 Å². The van der Waals surface area contributed by atoms with Crippen LogP contribution in [0.1, 0.15) is 41.4 Å². The lowest BCUT2D eigenvalue weighted by atomic mass is 10.1. The maximum atomic E-state index is 12.8. The number of carboxylic acid groups (broad SMARTS) is 4. The smallest absolute Gasteiger partial charge is 0.337 e. The first-order valence-electron chi connectivity index (χ1n) is 6.77. The summed E-state index contributed by atoms with van der Waals surface area (Å²) in [6.07, 6.45) is 0. The van der Waals surface area contributed by atoms with Gasteiger partial charge >= 0.3 is 23.9 Å². The van der Waals surface area contributed by atoms with Crippen molar-refractivity contribution in [1.82, 2.24) is 0 Å². The van der Waals surface area contributed by atoms with Gasteiger partial charge in [0.25, 0.3) is 0 Å². The highest BCUT2D eigenvalue weighted by molar-refractivity contribution is 7.85. The van der Waals surface area contributed by atoms with Crippen molar-refractivity contribution >= 4 is 34.7 Å². The first-order chi connectivity index (χ1) is 12.2. The Morgan fingerprint density at radius 2 is 0.962 bits per heavy atom. The van der Waals surface area contributed by atoms with E-state index in [0.29, 0.717) is 0 Å². The van der Waals surface area contributed by atoms with E-state index in [2.05, 4.69) is 0 Å². The van der Waals surface area contributed by atoms with Crippen LogP contribution in [0.4, 0.5) is 0 Å². The van der Waals surface area contributed by atoms with Crippen LogP contribution in [0.15, 0.2) is 46.2 Å². The van der Waals surface area contributed by atoms with Crippen LogP contribution in [0.3, 0.4) is 0 Å². The zero-order valence-electron chi connectivity index (χ0n) is 12.7. The normalized spacial score (nSPS) is 10.5. The second-order valence-corrected chi connectivity index (χ2v) is 6.26. The molecule has 0 aliphatic heterocycles. The van der Waals surface area contributed by atoms with Crippen LogP contribution in [-0.2, 0) is 10.8 Å². The number of carboxylic acids is 4. The molecule has 134 valence electrons. The van der Waals surface area contributed by atoms with Gasteiger partial charge in [0.05, 0.1) is 42.8 Å². The van der Waals surface area contributed by atoms with Crippen molar-refractivity contribution < 1.29 is 43.8 Å². The quantitative estimate of drug-likeness (QED) is 0.584. The third-order valence-corrected chi connectivity index (χ3v) is 4.82. The molecule has 0 radical (unpaired) electrons. The van der Waals surface area contributed by atoms with E-state index in [9.17, 15) is 33.6 Å². The summed E-state index contributed by atoms with van der Waals surface area (Å²) in [6, 6.07) is 6.46. The Labute approximate surface area is 147 Å². The molecule has 2 aromatic carbocycles. The van der Waals surface area contributed by atoms with E-state index < -0.39 is 66.7 Å². The van der Waals surface area contributed by atoms with E-state index in [-0.39, 0.29) is 0 Å². The molecular formula is C16H10O9S. The van der Waals surface area contributed by atoms with Gasteiger partial charge in [0.15, 0.2) is 0 Å². The molecule has 4 N–H and O–H groups in total. The fourth-order valence-electron chi connectivity index (χ4n) is 2.29. The van der Waals surface area contributed by atoms with E-state index in [4.69, 9.17) is 10.2 Å². The van der Waals surface area contributed by atoms with Crippen LogP contribution < -0.4 is 0 Å². The molecule has 0 saturated carbocycles. The number of aromatic carboxylic acids is 4. The zero-order valence-corrected chi connectivity index (χ0v) is 13.5. The second kappa shape index (κ2) is 7.15. The highest BCUT2D eigenvalue weighted by Gasteiger charge is 2.28. The molecule has 9 nitrogen and oxygen atoms in total. The molecular weight excluding hydrogens is 368 g/mol. The second-order valence-electron chi connectivity index (χ2n) is 4.85. The molecule has 26 heavy (non-hydrogen) atoms. The van der Waals surface area contributed by atoms with E-state index in [1.807, 2.05) is 0 Å². The van der Waals surface area contributed by atoms with Crippen molar-refractivity contribution in [3.8, 4) is 0 Å². The number of hydrogen-bond acceptors (Lipinski definition) is 5. The molecule has 2 aromatic rings. The fraction of sp³-hybridized carbons (Fsp3) is 0. The highest BCUT2D eigenvalue weighted by atomic mass is 32.2. The summed E-state index contributed by atoms with van der Waals surface area (Å²) >= 11 is 0. The Bertz CT molecular complexity index is 900. The van der Waals surface area contributed by atoms with Gasteiger partial charge in [0, 0.05) is 0 Å². The molecule has 0 spiro atoms. The predicted molar refractivity (Wildman–Crippen MR) is 85.4 cm³/mol. The molecule has 0 aromatic heterocycles. The maximum Gasteiger partial charge on any atom is 0.337 e. The number of rotatable bonds is 6. The highest BCUT2D eigenvalue weighted by Crippen LogP contribution is 2.27. The van der Waals surface area contributed by atoms with Crippen molar-refractivity contribution in [1.29, 1.82) is 0 Å². The Kier molecular flexibility index (Phi) is 5.17. The molecule has 0 atom stereocenters. The molecule has 0 aliphatic rings. The van der Waals surface area contributed by atoms with Crippen LogP contribution in [0.5, 0.6) is 0 Å². The third kappa shape index (κ3) is 3.30. The largest absolute Gasteiger partial charge is 0.478 e. The maximum absolute atomic E-state index is 12.8. The van der Waals surface area contributed by atoms with Crippen LogP contribution in [-0.4, -0.2) is 48.5 Å². The van der Waals surface area contributed by atoms with E-state index in [1.54, 1.807) is 0 Å². The van der Waals surface area contributed by atoms with Gasteiger partial charge in [-0.15, -0.1) is 0 Å². The van der Waals surface area contributed by atoms with Crippen molar-refractivity contribution in [2.24, 2.45) is 0 Å². The van der Waals surface area contributed by atoms with E-state index >= 15 is 0 Å². The lowest BCUT2D eigenvalue weighted by Gasteiger charge is -2.12. The van der Waals surface area contributed by atoms with Crippen LogP contribution in [0.2, 0.25) is 0 Å². The number of hydrogen-bond donors (Lipinski definition) is 4. The lowest BCUT2D eigenvalue weighted by molar-refractivity contribution is 0.0647. The molecule has 0 heterocycles. The van der Waals surface area contributed by atoms with Gasteiger partial charge in [-0.2, -0.15) is 0 Å². The molecule has 0 unspecified atom stereocenters. The molecule has 0 saturated heterocycles. The molecule has 0 amide bonds.